The van der Waals surface area contributed by atoms with Crippen molar-refractivity contribution in [3.63, 3.8) is 0 Å². The van der Waals surface area contributed by atoms with Gasteiger partial charge in [-0.2, -0.15) is 0 Å². The van der Waals surface area contributed by atoms with Crippen molar-refractivity contribution in [2.24, 2.45) is 5.92 Å². The number of carboxylic acid groups (broad SMARTS) is 1. The van der Waals surface area contributed by atoms with Crippen LogP contribution in [0.4, 0.5) is 0 Å². The zero-order valence-electron chi connectivity index (χ0n) is 16.0. The van der Waals surface area contributed by atoms with Gasteiger partial charge in [0.1, 0.15) is 4.32 Å². The van der Waals surface area contributed by atoms with E-state index in [0.29, 0.717) is 34.5 Å². The first-order chi connectivity index (χ1) is 13.9. The average molecular weight is 434 g/mol. The number of amides is 1. The topological polar surface area (TPSA) is 82.8 Å². The second kappa shape index (κ2) is 8.31. The lowest BCUT2D eigenvalue weighted by molar-refractivity contribution is -0.137. The van der Waals surface area contributed by atoms with E-state index in [2.05, 4.69) is 4.90 Å². The van der Waals surface area contributed by atoms with E-state index in [1.165, 1.54) is 11.8 Å². The number of rotatable bonds is 6. The van der Waals surface area contributed by atoms with Crippen molar-refractivity contribution in [2.75, 3.05) is 19.6 Å². The maximum absolute atomic E-state index is 12.8. The van der Waals surface area contributed by atoms with Gasteiger partial charge in [-0.3, -0.25) is 19.3 Å². The molecule has 4 heterocycles. The summed E-state index contributed by atoms with van der Waals surface area (Å²) < 4.78 is 2.43. The van der Waals surface area contributed by atoms with Crippen LogP contribution in [0.25, 0.3) is 0 Å². The summed E-state index contributed by atoms with van der Waals surface area (Å²) in [5.41, 5.74) is 1.15. The Labute approximate surface area is 178 Å². The number of unbranched alkanes of at least 4 members (excludes halogenated alkanes) is 1. The van der Waals surface area contributed by atoms with Gasteiger partial charge >= 0.3 is 5.97 Å². The second-order valence-electron chi connectivity index (χ2n) is 7.82. The molecular formula is C20H23N3O4S2. The molecule has 4 rings (SSSR count). The molecule has 0 spiro atoms. The SMILES string of the molecule is O=C(O)CCCCN1C(=O)/C(=C/N2CC3C[C@@H](C2)c2cccc(=O)n2C3)SC1=S. The van der Waals surface area contributed by atoms with Crippen molar-refractivity contribution in [3.8, 4) is 0 Å². The number of thiocarbonyl (C=S) groups is 1. The molecule has 1 aromatic rings. The van der Waals surface area contributed by atoms with Gasteiger partial charge in [0.05, 0.1) is 4.91 Å². The van der Waals surface area contributed by atoms with Gasteiger partial charge in [0.25, 0.3) is 11.5 Å². The van der Waals surface area contributed by atoms with Crippen molar-refractivity contribution in [1.82, 2.24) is 14.4 Å². The average Bonchev–Trinajstić information content (AvgIpc) is 2.93. The number of likely N-dealkylation sites (tertiary alicyclic amines) is 1. The summed E-state index contributed by atoms with van der Waals surface area (Å²) in [6.45, 7) is 2.78. The van der Waals surface area contributed by atoms with E-state index in [0.717, 1.165) is 31.7 Å². The molecule has 9 heteroatoms. The number of piperidine rings is 1. The number of aromatic nitrogens is 1. The molecule has 7 nitrogen and oxygen atoms in total. The molecule has 2 fully saturated rings. The molecule has 0 radical (unpaired) electrons. The summed E-state index contributed by atoms with van der Waals surface area (Å²) in [4.78, 5) is 39.9. The number of thioether (sulfide) groups is 1. The van der Waals surface area contributed by atoms with Gasteiger partial charge in [-0.25, -0.2) is 0 Å². The molecule has 1 aromatic heterocycles. The molecular weight excluding hydrogens is 410 g/mol. The largest absolute Gasteiger partial charge is 0.481 e. The molecule has 1 unspecified atom stereocenters. The zero-order chi connectivity index (χ0) is 20.5. The van der Waals surface area contributed by atoms with E-state index in [-0.39, 0.29) is 23.8 Å². The highest BCUT2D eigenvalue weighted by Crippen LogP contribution is 2.37. The molecule has 0 saturated carbocycles. The number of fused-ring (bicyclic) bond motifs is 4. The van der Waals surface area contributed by atoms with E-state index >= 15 is 0 Å². The highest BCUT2D eigenvalue weighted by atomic mass is 32.2. The first-order valence-electron chi connectivity index (χ1n) is 9.83. The molecule has 1 N–H and O–H groups in total. The Morgan fingerprint density at radius 2 is 2.07 bits per heavy atom. The van der Waals surface area contributed by atoms with Gasteiger partial charge in [-0.15, -0.1) is 0 Å². The molecule has 2 saturated heterocycles. The molecule has 29 heavy (non-hydrogen) atoms. The highest BCUT2D eigenvalue weighted by molar-refractivity contribution is 8.26. The Bertz CT molecular complexity index is 942. The van der Waals surface area contributed by atoms with Crippen LogP contribution in [0.5, 0.6) is 0 Å². The van der Waals surface area contributed by atoms with Crippen LogP contribution in [0.2, 0.25) is 0 Å². The minimum atomic E-state index is -0.824. The Kier molecular flexibility index (Phi) is 5.78. The van der Waals surface area contributed by atoms with Crippen LogP contribution >= 0.6 is 24.0 Å². The third-order valence-electron chi connectivity index (χ3n) is 5.70. The zero-order valence-corrected chi connectivity index (χ0v) is 17.6. The van der Waals surface area contributed by atoms with Crippen LogP contribution < -0.4 is 5.56 Å². The third-order valence-corrected chi connectivity index (χ3v) is 7.07. The minimum absolute atomic E-state index is 0.0643. The minimum Gasteiger partial charge on any atom is -0.481 e. The lowest BCUT2D eigenvalue weighted by Gasteiger charge is -2.42. The number of carbonyl (C=O) groups is 2. The van der Waals surface area contributed by atoms with Crippen molar-refractivity contribution < 1.29 is 14.7 Å². The van der Waals surface area contributed by atoms with Crippen molar-refractivity contribution in [2.45, 2.75) is 38.1 Å². The fourth-order valence-electron chi connectivity index (χ4n) is 4.43. The molecule has 0 aliphatic carbocycles. The van der Waals surface area contributed by atoms with E-state index in [9.17, 15) is 14.4 Å². The number of pyridine rings is 1. The standard InChI is InChI=1S/C20H23N3O4S2/c24-17-5-3-4-15-14-8-13(10-23(15)17)9-21(11-14)12-16-19(27)22(20(28)29-16)7-2-1-6-18(25)26/h3-5,12-14H,1-2,6-11H2,(H,25,26)/b16-12-/t13?,14-/m0/s1. The van der Waals surface area contributed by atoms with E-state index in [4.69, 9.17) is 17.3 Å². The van der Waals surface area contributed by atoms with Gasteiger partial charge in [0.2, 0.25) is 0 Å². The summed E-state index contributed by atoms with van der Waals surface area (Å²) in [7, 11) is 0. The summed E-state index contributed by atoms with van der Waals surface area (Å²) in [5.74, 6) is -0.245. The van der Waals surface area contributed by atoms with Crippen LogP contribution in [0, 0.1) is 5.92 Å². The van der Waals surface area contributed by atoms with Gasteiger partial charge in [0, 0.05) is 56.5 Å². The predicted molar refractivity (Wildman–Crippen MR) is 115 cm³/mol. The molecule has 1 amide bonds. The predicted octanol–water partition coefficient (Wildman–Crippen LogP) is 2.22. The lowest BCUT2D eigenvalue weighted by atomic mass is 9.83. The molecule has 0 aromatic carbocycles. The van der Waals surface area contributed by atoms with Gasteiger partial charge in [0.15, 0.2) is 0 Å². The molecule has 154 valence electrons. The maximum Gasteiger partial charge on any atom is 0.303 e. The molecule has 2 atom stereocenters. The Morgan fingerprint density at radius 3 is 2.86 bits per heavy atom. The number of carbonyl (C=O) groups excluding carboxylic acids is 1. The highest BCUT2D eigenvalue weighted by Gasteiger charge is 2.36. The van der Waals surface area contributed by atoms with Crippen molar-refractivity contribution in [1.29, 1.82) is 0 Å². The summed E-state index contributed by atoms with van der Waals surface area (Å²) >= 11 is 6.68. The molecule has 3 aliphatic rings. The Balaban J connectivity index is 1.43. The molecule has 3 aliphatic heterocycles. The fraction of sp³-hybridized carbons (Fsp3) is 0.500. The monoisotopic (exact) mass is 433 g/mol. The van der Waals surface area contributed by atoms with Crippen LogP contribution in [0.1, 0.15) is 37.3 Å². The quantitative estimate of drug-likeness (QED) is 0.418. The van der Waals surface area contributed by atoms with Gasteiger partial charge < -0.3 is 14.6 Å². The number of hydrogen-bond acceptors (Lipinski definition) is 6. The Hall–Kier alpha value is -2.13. The smallest absolute Gasteiger partial charge is 0.303 e. The van der Waals surface area contributed by atoms with Crippen LogP contribution in [-0.2, 0) is 16.1 Å². The summed E-state index contributed by atoms with van der Waals surface area (Å²) in [5, 5.41) is 8.73. The van der Waals surface area contributed by atoms with Crippen molar-refractivity contribution >= 4 is 40.2 Å². The van der Waals surface area contributed by atoms with Gasteiger partial charge in [-0.1, -0.05) is 30.0 Å². The summed E-state index contributed by atoms with van der Waals surface area (Å²) in [6, 6.07) is 5.47. The Morgan fingerprint density at radius 1 is 1.24 bits per heavy atom. The number of aliphatic carboxylic acids is 1. The number of hydrogen-bond donors (Lipinski definition) is 1. The van der Waals surface area contributed by atoms with E-state index in [1.54, 1.807) is 11.0 Å². The van der Waals surface area contributed by atoms with E-state index < -0.39 is 5.97 Å². The molecule has 2 bridgehead atoms. The van der Waals surface area contributed by atoms with Crippen molar-refractivity contribution in [3.05, 3.63) is 45.4 Å². The first kappa shape index (κ1) is 20.2. The van der Waals surface area contributed by atoms with E-state index in [1.807, 2.05) is 22.9 Å². The third kappa shape index (κ3) is 4.25. The van der Waals surface area contributed by atoms with Crippen LogP contribution in [-0.4, -0.2) is 55.3 Å². The number of nitrogens with zero attached hydrogens (tertiary/aromatic N) is 3. The van der Waals surface area contributed by atoms with Crippen LogP contribution in [0.15, 0.2) is 34.1 Å². The number of carboxylic acids is 1. The second-order valence-corrected chi connectivity index (χ2v) is 9.50. The first-order valence-corrected chi connectivity index (χ1v) is 11.1. The summed E-state index contributed by atoms with van der Waals surface area (Å²) in [6.07, 6.45) is 4.24. The normalized spacial score (nSPS) is 24.9. The maximum atomic E-state index is 12.8. The van der Waals surface area contributed by atoms with Crippen LogP contribution in [0.3, 0.4) is 0 Å². The fourth-order valence-corrected chi connectivity index (χ4v) is 5.75. The lowest BCUT2D eigenvalue weighted by Crippen LogP contribution is -2.45. The van der Waals surface area contributed by atoms with Gasteiger partial charge in [-0.05, 0) is 31.2 Å².